The monoisotopic (exact) mass is 250 g/mol. The number of carbonyl (C=O) groups is 1. The molecule has 0 spiro atoms. The van der Waals surface area contributed by atoms with Crippen molar-refractivity contribution in [3.63, 3.8) is 0 Å². The van der Waals surface area contributed by atoms with Crippen molar-refractivity contribution >= 4 is 5.91 Å². The number of amides is 1. The van der Waals surface area contributed by atoms with Crippen molar-refractivity contribution in [2.24, 2.45) is 0 Å². The highest BCUT2D eigenvalue weighted by atomic mass is 19.4. The van der Waals surface area contributed by atoms with Crippen molar-refractivity contribution < 1.29 is 18.0 Å². The predicted octanol–water partition coefficient (Wildman–Crippen LogP) is 1.20. The lowest BCUT2D eigenvalue weighted by atomic mass is 10.2. The molecule has 0 bridgehead atoms. The molecule has 0 aliphatic carbocycles. The van der Waals surface area contributed by atoms with Gasteiger partial charge in [0.2, 0.25) is 5.91 Å². The standard InChI is InChI=1S/C9H13F3N4O/c10-9(11,12)4-3-8(17)13-5-1-2-7-14-6-15-16-7/h6H,1-5H2,(H,13,17)(H,14,15,16). The SMILES string of the molecule is O=C(CCC(F)(F)F)NCCCc1ncn[nH]1. The number of hydrogen-bond donors (Lipinski definition) is 2. The Morgan fingerprint density at radius 2 is 2.24 bits per heavy atom. The van der Waals surface area contributed by atoms with Gasteiger partial charge in [-0.05, 0) is 6.42 Å². The molecule has 8 heteroatoms. The molecule has 0 atom stereocenters. The molecule has 0 radical (unpaired) electrons. The van der Waals surface area contributed by atoms with Crippen molar-refractivity contribution in [2.45, 2.75) is 31.9 Å². The molecule has 0 fully saturated rings. The second-order valence-electron chi connectivity index (χ2n) is 3.50. The lowest BCUT2D eigenvalue weighted by Crippen LogP contribution is -2.26. The van der Waals surface area contributed by atoms with E-state index in [1.807, 2.05) is 0 Å². The normalized spacial score (nSPS) is 11.5. The van der Waals surface area contributed by atoms with Crippen molar-refractivity contribution in [3.05, 3.63) is 12.2 Å². The zero-order valence-electron chi connectivity index (χ0n) is 9.05. The molecule has 0 saturated carbocycles. The Balaban J connectivity index is 2.04. The second-order valence-corrected chi connectivity index (χ2v) is 3.50. The van der Waals surface area contributed by atoms with E-state index in [0.29, 0.717) is 25.2 Å². The number of H-pyrrole nitrogens is 1. The van der Waals surface area contributed by atoms with Crippen molar-refractivity contribution in [2.75, 3.05) is 6.54 Å². The molecule has 17 heavy (non-hydrogen) atoms. The summed E-state index contributed by atoms with van der Waals surface area (Å²) < 4.78 is 35.4. The summed E-state index contributed by atoms with van der Waals surface area (Å²) in [4.78, 5) is 14.9. The van der Waals surface area contributed by atoms with Crippen LogP contribution in [-0.4, -0.2) is 33.8 Å². The van der Waals surface area contributed by atoms with Crippen molar-refractivity contribution in [1.82, 2.24) is 20.5 Å². The fourth-order valence-electron chi connectivity index (χ4n) is 1.18. The smallest absolute Gasteiger partial charge is 0.356 e. The second kappa shape index (κ2) is 6.21. The van der Waals surface area contributed by atoms with Crippen molar-refractivity contribution in [3.8, 4) is 0 Å². The summed E-state index contributed by atoms with van der Waals surface area (Å²) in [5.74, 6) is 0.106. The summed E-state index contributed by atoms with van der Waals surface area (Å²) >= 11 is 0. The molecule has 1 heterocycles. The topological polar surface area (TPSA) is 70.7 Å². The molecule has 0 unspecified atom stereocenters. The van der Waals surface area contributed by atoms with E-state index in [2.05, 4.69) is 20.5 Å². The average Bonchev–Trinajstić information content (AvgIpc) is 2.73. The molecular formula is C9H13F3N4O. The van der Waals surface area contributed by atoms with Crippen LogP contribution in [0.2, 0.25) is 0 Å². The van der Waals surface area contributed by atoms with Crippen LogP contribution < -0.4 is 5.32 Å². The Morgan fingerprint density at radius 1 is 1.47 bits per heavy atom. The van der Waals surface area contributed by atoms with Gasteiger partial charge >= 0.3 is 6.18 Å². The first-order valence-electron chi connectivity index (χ1n) is 5.15. The third-order valence-corrected chi connectivity index (χ3v) is 2.01. The lowest BCUT2D eigenvalue weighted by Gasteiger charge is -2.06. The maximum absolute atomic E-state index is 11.8. The molecule has 96 valence electrons. The van der Waals surface area contributed by atoms with Gasteiger partial charge in [-0.3, -0.25) is 9.89 Å². The number of nitrogens with zero attached hydrogens (tertiary/aromatic N) is 2. The van der Waals surface area contributed by atoms with Crippen LogP contribution >= 0.6 is 0 Å². The van der Waals surface area contributed by atoms with Crippen LogP contribution in [0.15, 0.2) is 6.33 Å². The number of aromatic nitrogens is 3. The minimum Gasteiger partial charge on any atom is -0.356 e. The highest BCUT2D eigenvalue weighted by molar-refractivity contribution is 5.75. The maximum Gasteiger partial charge on any atom is 0.389 e. The zero-order valence-corrected chi connectivity index (χ0v) is 9.05. The van der Waals surface area contributed by atoms with E-state index in [4.69, 9.17) is 0 Å². The van der Waals surface area contributed by atoms with E-state index in [1.165, 1.54) is 6.33 Å². The van der Waals surface area contributed by atoms with Gasteiger partial charge in [-0.15, -0.1) is 0 Å². The number of alkyl halides is 3. The number of carbonyl (C=O) groups excluding carboxylic acids is 1. The number of aryl methyl sites for hydroxylation is 1. The molecule has 1 amide bonds. The van der Waals surface area contributed by atoms with E-state index in [-0.39, 0.29) is 0 Å². The van der Waals surface area contributed by atoms with Gasteiger partial charge < -0.3 is 5.32 Å². The Bertz CT molecular complexity index is 337. The van der Waals surface area contributed by atoms with Crippen LogP contribution in [0.1, 0.15) is 25.1 Å². The molecule has 0 saturated heterocycles. The van der Waals surface area contributed by atoms with Crippen LogP contribution in [0, 0.1) is 0 Å². The van der Waals surface area contributed by atoms with Gasteiger partial charge in [0.1, 0.15) is 12.2 Å². The van der Waals surface area contributed by atoms with E-state index < -0.39 is 24.9 Å². The Kier molecular flexibility index (Phi) is 4.92. The van der Waals surface area contributed by atoms with E-state index in [0.717, 1.165) is 0 Å². The predicted molar refractivity (Wildman–Crippen MR) is 53.0 cm³/mol. The summed E-state index contributed by atoms with van der Waals surface area (Å²) in [6, 6.07) is 0. The first-order chi connectivity index (χ1) is 7.97. The Labute approximate surface area is 95.8 Å². The molecule has 1 rings (SSSR count). The molecule has 1 aromatic rings. The molecule has 2 N–H and O–H groups in total. The quantitative estimate of drug-likeness (QED) is 0.745. The average molecular weight is 250 g/mol. The van der Waals surface area contributed by atoms with Gasteiger partial charge in [-0.2, -0.15) is 18.3 Å². The summed E-state index contributed by atoms with van der Waals surface area (Å²) in [6.07, 6.45) is -3.31. The summed E-state index contributed by atoms with van der Waals surface area (Å²) in [7, 11) is 0. The third kappa shape index (κ3) is 6.54. The van der Waals surface area contributed by atoms with Crippen LogP contribution in [0.25, 0.3) is 0 Å². The van der Waals surface area contributed by atoms with Crippen LogP contribution in [0.4, 0.5) is 13.2 Å². The summed E-state index contributed by atoms with van der Waals surface area (Å²) in [5, 5.41) is 8.71. The Hall–Kier alpha value is -1.60. The van der Waals surface area contributed by atoms with Gasteiger partial charge in [0.15, 0.2) is 0 Å². The highest BCUT2D eigenvalue weighted by Gasteiger charge is 2.27. The number of nitrogens with one attached hydrogen (secondary N) is 2. The summed E-state index contributed by atoms with van der Waals surface area (Å²) in [5.41, 5.74) is 0. The number of hydrogen-bond acceptors (Lipinski definition) is 3. The van der Waals surface area contributed by atoms with Crippen LogP contribution in [0.5, 0.6) is 0 Å². The molecule has 0 aromatic carbocycles. The minimum atomic E-state index is -4.28. The van der Waals surface area contributed by atoms with Crippen LogP contribution in [-0.2, 0) is 11.2 Å². The van der Waals surface area contributed by atoms with Gasteiger partial charge in [0, 0.05) is 19.4 Å². The number of aromatic amines is 1. The maximum atomic E-state index is 11.8. The molecule has 1 aromatic heterocycles. The fraction of sp³-hybridized carbons (Fsp3) is 0.667. The molecular weight excluding hydrogens is 237 g/mol. The van der Waals surface area contributed by atoms with E-state index in [9.17, 15) is 18.0 Å². The zero-order chi connectivity index (χ0) is 12.7. The number of halogens is 3. The largest absolute Gasteiger partial charge is 0.389 e. The highest BCUT2D eigenvalue weighted by Crippen LogP contribution is 2.20. The fourth-order valence-corrected chi connectivity index (χ4v) is 1.18. The first-order valence-corrected chi connectivity index (χ1v) is 5.15. The number of rotatable bonds is 6. The van der Waals surface area contributed by atoms with Gasteiger partial charge in [-0.25, -0.2) is 4.98 Å². The van der Waals surface area contributed by atoms with E-state index >= 15 is 0 Å². The van der Waals surface area contributed by atoms with Crippen molar-refractivity contribution in [1.29, 1.82) is 0 Å². The molecule has 0 aliphatic heterocycles. The first kappa shape index (κ1) is 13.5. The van der Waals surface area contributed by atoms with E-state index in [1.54, 1.807) is 0 Å². The third-order valence-electron chi connectivity index (χ3n) is 2.01. The van der Waals surface area contributed by atoms with Gasteiger partial charge in [-0.1, -0.05) is 0 Å². The van der Waals surface area contributed by atoms with Gasteiger partial charge in [0.25, 0.3) is 0 Å². The van der Waals surface area contributed by atoms with Gasteiger partial charge in [0.05, 0.1) is 6.42 Å². The van der Waals surface area contributed by atoms with Crippen LogP contribution in [0.3, 0.4) is 0 Å². The molecule has 0 aliphatic rings. The summed E-state index contributed by atoms with van der Waals surface area (Å²) in [6.45, 7) is 0.331. The molecule has 5 nitrogen and oxygen atoms in total. The lowest BCUT2D eigenvalue weighted by molar-refractivity contribution is -0.144. The Morgan fingerprint density at radius 3 is 2.82 bits per heavy atom. The minimum absolute atomic E-state index is 0.331.